The van der Waals surface area contributed by atoms with Gasteiger partial charge in [-0.2, -0.15) is 0 Å². The molecule has 2 nitrogen and oxygen atoms in total. The highest BCUT2D eigenvalue weighted by atomic mass is 35.5. The van der Waals surface area contributed by atoms with Crippen LogP contribution in [0, 0.1) is 5.92 Å². The van der Waals surface area contributed by atoms with E-state index in [-0.39, 0.29) is 22.3 Å². The maximum atomic E-state index is 6.65. The predicted molar refractivity (Wildman–Crippen MR) is 83.1 cm³/mol. The van der Waals surface area contributed by atoms with E-state index in [1.54, 1.807) is 0 Å². The summed E-state index contributed by atoms with van der Waals surface area (Å²) in [5.74, 6) is 0.283. The van der Waals surface area contributed by atoms with Gasteiger partial charge in [0, 0.05) is 11.0 Å². The zero-order valence-corrected chi connectivity index (χ0v) is 13.6. The smallest absolute Gasteiger partial charge is 0.138 e. The van der Waals surface area contributed by atoms with Gasteiger partial charge in [-0.25, -0.2) is 0 Å². The Labute approximate surface area is 125 Å². The summed E-state index contributed by atoms with van der Waals surface area (Å²) in [6, 6.07) is 8.58. The van der Waals surface area contributed by atoms with Gasteiger partial charge in [-0.15, -0.1) is 23.2 Å². The average molecular weight is 303 g/mol. The van der Waals surface area contributed by atoms with Gasteiger partial charge in [0.1, 0.15) is 15.6 Å². The van der Waals surface area contributed by atoms with Gasteiger partial charge >= 0.3 is 0 Å². The third-order valence-electron chi connectivity index (χ3n) is 5.76. The van der Waals surface area contributed by atoms with Crippen LogP contribution in [-0.2, 0) is 5.41 Å². The Hall–Kier alpha value is -0.280. The molecule has 1 saturated carbocycles. The predicted octanol–water partition coefficient (Wildman–Crippen LogP) is 3.28. The third-order valence-corrected chi connectivity index (χ3v) is 6.98. The van der Waals surface area contributed by atoms with Crippen molar-refractivity contribution in [2.45, 2.75) is 36.1 Å². The normalized spacial score (nSPS) is 35.6. The van der Waals surface area contributed by atoms with Gasteiger partial charge in [-0.3, -0.25) is 4.48 Å². The van der Waals surface area contributed by atoms with Crippen molar-refractivity contribution in [3.63, 3.8) is 0 Å². The quantitative estimate of drug-likeness (QED) is 0.520. The van der Waals surface area contributed by atoms with Crippen LogP contribution in [0.3, 0.4) is 0 Å². The van der Waals surface area contributed by atoms with Crippen LogP contribution in [0.25, 0.3) is 0 Å². The van der Waals surface area contributed by atoms with Gasteiger partial charge < -0.3 is 5.48 Å². The Morgan fingerprint density at radius 2 is 1.58 bits per heavy atom. The molecule has 2 N–H and O–H groups in total. The molecular formula is C15H22Cl2NO+. The van der Waals surface area contributed by atoms with Crippen molar-refractivity contribution in [3.05, 3.63) is 29.8 Å². The number of nitrogens with zero attached hydrogens (tertiary/aromatic N) is 1. The number of hydrogen-bond donors (Lipinski definition) is 0. The number of halogens is 2. The molecule has 106 valence electrons. The summed E-state index contributed by atoms with van der Waals surface area (Å²) in [4.78, 5) is 0. The van der Waals surface area contributed by atoms with Crippen LogP contribution >= 0.6 is 23.2 Å². The number of para-hydroxylation sites is 1. The van der Waals surface area contributed by atoms with E-state index >= 15 is 0 Å². The van der Waals surface area contributed by atoms with E-state index in [0.717, 1.165) is 4.48 Å². The molecular weight excluding hydrogens is 281 g/mol. The first-order valence-corrected chi connectivity index (χ1v) is 7.17. The summed E-state index contributed by atoms with van der Waals surface area (Å²) >= 11 is 13.3. The number of hydrogen-bond acceptors (Lipinski definition) is 0. The first kappa shape index (κ1) is 15.1. The fourth-order valence-electron chi connectivity index (χ4n) is 4.05. The van der Waals surface area contributed by atoms with Crippen molar-refractivity contribution < 1.29 is 5.48 Å². The third kappa shape index (κ3) is 1.36. The lowest BCUT2D eigenvalue weighted by molar-refractivity contribution is 0.143. The topological polar surface area (TPSA) is 31.5 Å². The van der Waals surface area contributed by atoms with Crippen LogP contribution < -0.4 is 4.48 Å². The van der Waals surface area contributed by atoms with Crippen molar-refractivity contribution in [2.75, 3.05) is 14.1 Å². The van der Waals surface area contributed by atoms with Gasteiger partial charge in [-0.1, -0.05) is 25.1 Å². The fraction of sp³-hybridized carbons (Fsp3) is 0.600. The SMILES string of the molecule is CC12c3ccccc3[N+](C)(C)C(C)(C)C1C2(Cl)Cl.O. The van der Waals surface area contributed by atoms with E-state index in [2.05, 4.69) is 59.1 Å². The van der Waals surface area contributed by atoms with Gasteiger partial charge in [0.2, 0.25) is 0 Å². The maximum Gasteiger partial charge on any atom is 0.138 e. The highest BCUT2D eigenvalue weighted by Crippen LogP contribution is 2.77. The maximum absolute atomic E-state index is 6.65. The van der Waals surface area contributed by atoms with Crippen LogP contribution in [0.1, 0.15) is 26.3 Å². The van der Waals surface area contributed by atoms with Gasteiger partial charge in [0.25, 0.3) is 0 Å². The molecule has 0 radical (unpaired) electrons. The highest BCUT2D eigenvalue weighted by molar-refractivity contribution is 6.52. The number of alkyl halides is 2. The molecule has 3 rings (SSSR count). The summed E-state index contributed by atoms with van der Waals surface area (Å²) < 4.78 is 0.170. The Bertz CT molecular complexity index is 524. The van der Waals surface area contributed by atoms with E-state index in [4.69, 9.17) is 23.2 Å². The molecule has 1 fully saturated rings. The van der Waals surface area contributed by atoms with E-state index in [1.807, 2.05) is 0 Å². The van der Waals surface area contributed by atoms with Crippen LogP contribution in [-0.4, -0.2) is 29.4 Å². The lowest BCUT2D eigenvalue weighted by Crippen LogP contribution is -2.62. The van der Waals surface area contributed by atoms with Crippen LogP contribution in [0.4, 0.5) is 5.69 Å². The van der Waals surface area contributed by atoms with E-state index in [1.165, 1.54) is 11.3 Å². The molecule has 1 heterocycles. The second-order valence-electron chi connectivity index (χ2n) is 6.88. The largest absolute Gasteiger partial charge is 0.412 e. The van der Waals surface area contributed by atoms with Crippen molar-refractivity contribution >= 4 is 28.9 Å². The molecule has 0 spiro atoms. The number of fused-ring (bicyclic) bond motifs is 3. The van der Waals surface area contributed by atoms with Crippen LogP contribution in [0.15, 0.2) is 24.3 Å². The van der Waals surface area contributed by atoms with E-state index in [9.17, 15) is 0 Å². The average Bonchev–Trinajstić information content (AvgIpc) is 2.73. The molecule has 0 bridgehead atoms. The molecule has 0 aromatic heterocycles. The molecule has 19 heavy (non-hydrogen) atoms. The Morgan fingerprint density at radius 1 is 1.05 bits per heavy atom. The van der Waals surface area contributed by atoms with Crippen LogP contribution in [0.2, 0.25) is 0 Å². The summed E-state index contributed by atoms with van der Waals surface area (Å²) in [6.07, 6.45) is 0. The van der Waals surface area contributed by atoms with Gasteiger partial charge in [0.05, 0.1) is 20.0 Å². The van der Waals surface area contributed by atoms with Crippen molar-refractivity contribution in [3.8, 4) is 0 Å². The highest BCUT2D eigenvalue weighted by Gasteiger charge is 2.84. The minimum absolute atomic E-state index is 0. The Kier molecular flexibility index (Phi) is 2.92. The molecule has 4 heteroatoms. The Morgan fingerprint density at radius 3 is 2.16 bits per heavy atom. The Balaban J connectivity index is 0.00000133. The molecule has 1 aromatic carbocycles. The van der Waals surface area contributed by atoms with E-state index < -0.39 is 4.33 Å². The van der Waals surface area contributed by atoms with Crippen molar-refractivity contribution in [1.29, 1.82) is 0 Å². The molecule has 0 amide bonds. The van der Waals surface area contributed by atoms with E-state index in [0.29, 0.717) is 0 Å². The number of quaternary nitrogens is 1. The monoisotopic (exact) mass is 302 g/mol. The summed E-state index contributed by atoms with van der Waals surface area (Å²) in [7, 11) is 4.50. The standard InChI is InChI=1S/C15H20Cl2N.H2O/c1-13(2)12-14(3,15(12,16)17)10-8-6-7-9-11(10)18(13,4)5;/h6-9,12H,1-5H3;1H2/q+1;. The fourth-order valence-corrected chi connectivity index (χ4v) is 5.33. The molecule has 1 aliphatic heterocycles. The molecule has 2 aliphatic rings. The molecule has 2 atom stereocenters. The molecule has 1 aliphatic carbocycles. The van der Waals surface area contributed by atoms with Crippen molar-refractivity contribution in [1.82, 2.24) is 4.48 Å². The first-order valence-electron chi connectivity index (χ1n) is 6.41. The second-order valence-corrected chi connectivity index (χ2v) is 8.27. The van der Waals surface area contributed by atoms with Crippen LogP contribution in [0.5, 0.6) is 0 Å². The molecule has 0 saturated heterocycles. The number of rotatable bonds is 0. The first-order chi connectivity index (χ1) is 8.09. The lowest BCUT2D eigenvalue weighted by atomic mass is 9.78. The number of benzene rings is 1. The minimum Gasteiger partial charge on any atom is -0.412 e. The van der Waals surface area contributed by atoms with Gasteiger partial charge in [-0.05, 0) is 19.9 Å². The minimum atomic E-state index is -0.654. The lowest BCUT2D eigenvalue weighted by Gasteiger charge is -2.49. The zero-order chi connectivity index (χ0) is 13.6. The van der Waals surface area contributed by atoms with Crippen molar-refractivity contribution in [2.24, 2.45) is 5.92 Å². The summed E-state index contributed by atoms with van der Waals surface area (Å²) in [6.45, 7) is 6.76. The molecule has 1 aromatic rings. The summed E-state index contributed by atoms with van der Waals surface area (Å²) in [5.41, 5.74) is 2.55. The van der Waals surface area contributed by atoms with Gasteiger partial charge in [0.15, 0.2) is 0 Å². The zero-order valence-electron chi connectivity index (χ0n) is 12.1. The second kappa shape index (κ2) is 3.67. The molecule has 2 unspecified atom stereocenters. The summed E-state index contributed by atoms with van der Waals surface area (Å²) in [5, 5.41) is 0.